The van der Waals surface area contributed by atoms with Crippen molar-refractivity contribution in [3.63, 3.8) is 0 Å². The van der Waals surface area contributed by atoms with Gasteiger partial charge < -0.3 is 14.8 Å². The fourth-order valence-corrected chi connectivity index (χ4v) is 2.65. The van der Waals surface area contributed by atoms with Crippen LogP contribution in [-0.2, 0) is 14.3 Å². The second kappa shape index (κ2) is 10.8. The third-order valence-electron chi connectivity index (χ3n) is 3.14. The maximum absolute atomic E-state index is 11.9. The number of carbonyl (C=O) groups is 2. The lowest BCUT2D eigenvalue weighted by molar-refractivity contribution is -0.147. The minimum Gasteiger partial charge on any atom is -0.493 e. The highest BCUT2D eigenvalue weighted by Gasteiger charge is 2.10. The molecule has 0 aromatic heterocycles. The summed E-state index contributed by atoms with van der Waals surface area (Å²) >= 11 is 1.32. The number of nitrogens with zero attached hydrogens (tertiary/aromatic N) is 1. The lowest BCUT2D eigenvalue weighted by atomic mass is 10.3. The zero-order valence-corrected chi connectivity index (χ0v) is 14.8. The largest absolute Gasteiger partial charge is 0.493 e. The number of carbonyl (C=O) groups excluding carboxylic acids is 2. The summed E-state index contributed by atoms with van der Waals surface area (Å²) < 4.78 is 10.3. The zero-order valence-electron chi connectivity index (χ0n) is 14.0. The summed E-state index contributed by atoms with van der Waals surface area (Å²) in [6.07, 6.45) is 0.0524. The SMILES string of the molecule is N#CCSc1ccccc1NC(=O)COC(=O)CCOc1ccccc1. The molecule has 1 N–H and O–H groups in total. The summed E-state index contributed by atoms with van der Waals surface area (Å²) in [5.41, 5.74) is 0.584. The third-order valence-corrected chi connectivity index (χ3v) is 4.08. The van der Waals surface area contributed by atoms with Gasteiger partial charge in [-0.15, -0.1) is 11.8 Å². The van der Waals surface area contributed by atoms with Crippen LogP contribution in [0.4, 0.5) is 5.69 Å². The van der Waals surface area contributed by atoms with Gasteiger partial charge in [-0.05, 0) is 24.3 Å². The number of amides is 1. The quantitative estimate of drug-likeness (QED) is 0.538. The third kappa shape index (κ3) is 6.87. The van der Waals surface area contributed by atoms with Crippen molar-refractivity contribution >= 4 is 29.3 Å². The predicted octanol–water partition coefficient (Wildman–Crippen LogP) is 3.25. The Kier molecular flexibility index (Phi) is 8.03. The maximum atomic E-state index is 11.9. The Morgan fingerprint density at radius 2 is 1.81 bits per heavy atom. The molecule has 0 heterocycles. The first-order chi connectivity index (χ1) is 12.7. The molecular weight excluding hydrogens is 352 g/mol. The van der Waals surface area contributed by atoms with Gasteiger partial charge in [-0.3, -0.25) is 9.59 Å². The molecule has 26 heavy (non-hydrogen) atoms. The number of rotatable bonds is 9. The van der Waals surface area contributed by atoms with Gasteiger partial charge in [-0.25, -0.2) is 0 Å². The number of anilines is 1. The number of para-hydroxylation sites is 2. The minimum absolute atomic E-state index is 0.0524. The highest BCUT2D eigenvalue weighted by atomic mass is 32.2. The molecule has 1 amide bonds. The van der Waals surface area contributed by atoms with Crippen molar-refractivity contribution < 1.29 is 19.1 Å². The molecule has 0 atom stereocenters. The van der Waals surface area contributed by atoms with E-state index in [1.54, 1.807) is 24.3 Å². The van der Waals surface area contributed by atoms with E-state index >= 15 is 0 Å². The molecule has 0 fully saturated rings. The Morgan fingerprint density at radius 1 is 1.08 bits per heavy atom. The molecule has 0 unspecified atom stereocenters. The van der Waals surface area contributed by atoms with Crippen molar-refractivity contribution in [2.45, 2.75) is 11.3 Å². The van der Waals surface area contributed by atoms with Crippen molar-refractivity contribution in [1.82, 2.24) is 0 Å². The highest BCUT2D eigenvalue weighted by Crippen LogP contribution is 2.26. The standard InChI is InChI=1S/C19H18N2O4S/c20-11-13-26-17-9-5-4-8-16(17)21-18(22)14-25-19(23)10-12-24-15-6-2-1-3-7-15/h1-9H,10,12-14H2,(H,21,22). The second-order valence-electron chi connectivity index (χ2n) is 5.06. The van der Waals surface area contributed by atoms with E-state index < -0.39 is 11.9 Å². The fraction of sp³-hybridized carbons (Fsp3) is 0.211. The summed E-state index contributed by atoms with van der Waals surface area (Å²) in [5, 5.41) is 11.3. The predicted molar refractivity (Wildman–Crippen MR) is 98.9 cm³/mol. The van der Waals surface area contributed by atoms with Gasteiger partial charge in [0, 0.05) is 4.90 Å². The van der Waals surface area contributed by atoms with Crippen LogP contribution < -0.4 is 10.1 Å². The lowest BCUT2D eigenvalue weighted by Gasteiger charge is -2.10. The van der Waals surface area contributed by atoms with Gasteiger partial charge in [0.2, 0.25) is 0 Å². The maximum Gasteiger partial charge on any atom is 0.309 e. The summed E-state index contributed by atoms with van der Waals surface area (Å²) in [6, 6.07) is 18.3. The Labute approximate surface area is 156 Å². The normalized spacial score (nSPS) is 9.81. The molecule has 0 saturated carbocycles. The Balaban J connectivity index is 1.71. The number of benzene rings is 2. The smallest absolute Gasteiger partial charge is 0.309 e. The number of hydrogen-bond acceptors (Lipinski definition) is 6. The van der Waals surface area contributed by atoms with E-state index in [0.717, 1.165) is 4.90 Å². The van der Waals surface area contributed by atoms with Crippen molar-refractivity contribution in [2.75, 3.05) is 24.3 Å². The van der Waals surface area contributed by atoms with E-state index in [1.807, 2.05) is 36.4 Å². The number of nitrogens with one attached hydrogen (secondary N) is 1. The summed E-state index contributed by atoms with van der Waals surface area (Å²) in [4.78, 5) is 24.4. The fourth-order valence-electron chi connectivity index (χ4n) is 1.98. The topological polar surface area (TPSA) is 88.4 Å². The molecule has 0 saturated heterocycles. The van der Waals surface area contributed by atoms with E-state index in [-0.39, 0.29) is 25.4 Å². The average molecular weight is 370 g/mol. The van der Waals surface area contributed by atoms with Crippen molar-refractivity contribution in [1.29, 1.82) is 5.26 Å². The average Bonchev–Trinajstić information content (AvgIpc) is 2.66. The number of nitriles is 1. The first-order valence-electron chi connectivity index (χ1n) is 7.91. The molecule has 2 aromatic rings. The van der Waals surface area contributed by atoms with Gasteiger partial charge in [0.15, 0.2) is 6.61 Å². The van der Waals surface area contributed by atoms with Crippen LogP contribution in [-0.4, -0.2) is 30.8 Å². The molecule has 2 rings (SSSR count). The van der Waals surface area contributed by atoms with Gasteiger partial charge in [-0.1, -0.05) is 30.3 Å². The van der Waals surface area contributed by atoms with Crippen LogP contribution in [0.15, 0.2) is 59.5 Å². The molecule has 0 radical (unpaired) electrons. The van der Waals surface area contributed by atoms with Gasteiger partial charge in [-0.2, -0.15) is 5.26 Å². The van der Waals surface area contributed by atoms with E-state index in [0.29, 0.717) is 11.4 Å². The molecule has 0 aliphatic rings. The first-order valence-corrected chi connectivity index (χ1v) is 8.89. The van der Waals surface area contributed by atoms with E-state index in [4.69, 9.17) is 14.7 Å². The summed E-state index contributed by atoms with van der Waals surface area (Å²) in [5.74, 6) is 0.00333. The zero-order chi connectivity index (χ0) is 18.6. The highest BCUT2D eigenvalue weighted by molar-refractivity contribution is 7.99. The first kappa shape index (κ1) is 19.3. The van der Waals surface area contributed by atoms with Crippen LogP contribution in [0.25, 0.3) is 0 Å². The molecule has 0 aliphatic heterocycles. The van der Waals surface area contributed by atoms with Crippen LogP contribution in [0.2, 0.25) is 0 Å². The van der Waals surface area contributed by atoms with Gasteiger partial charge >= 0.3 is 5.97 Å². The van der Waals surface area contributed by atoms with E-state index in [2.05, 4.69) is 5.32 Å². The van der Waals surface area contributed by atoms with Crippen molar-refractivity contribution in [3.05, 3.63) is 54.6 Å². The van der Waals surface area contributed by atoms with Crippen LogP contribution in [0.5, 0.6) is 5.75 Å². The molecular formula is C19H18N2O4S. The van der Waals surface area contributed by atoms with Crippen LogP contribution >= 0.6 is 11.8 Å². The molecule has 0 aliphatic carbocycles. The number of thioether (sulfide) groups is 1. The molecule has 6 nitrogen and oxygen atoms in total. The van der Waals surface area contributed by atoms with Crippen LogP contribution in [0, 0.1) is 11.3 Å². The van der Waals surface area contributed by atoms with E-state index in [1.165, 1.54) is 11.8 Å². The summed E-state index contributed by atoms with van der Waals surface area (Å²) in [7, 11) is 0. The number of esters is 1. The van der Waals surface area contributed by atoms with Gasteiger partial charge in [0.05, 0.1) is 30.5 Å². The van der Waals surface area contributed by atoms with Gasteiger partial charge in [0.25, 0.3) is 5.91 Å². The van der Waals surface area contributed by atoms with Crippen molar-refractivity contribution in [3.8, 4) is 11.8 Å². The number of ether oxygens (including phenoxy) is 2. The monoisotopic (exact) mass is 370 g/mol. The minimum atomic E-state index is -0.511. The molecule has 134 valence electrons. The Hall–Kier alpha value is -2.98. The Bertz CT molecular complexity index is 775. The molecule has 7 heteroatoms. The van der Waals surface area contributed by atoms with Crippen LogP contribution in [0.3, 0.4) is 0 Å². The lowest BCUT2D eigenvalue weighted by Crippen LogP contribution is -2.22. The van der Waals surface area contributed by atoms with E-state index in [9.17, 15) is 9.59 Å². The molecule has 0 spiro atoms. The number of hydrogen-bond donors (Lipinski definition) is 1. The van der Waals surface area contributed by atoms with Gasteiger partial charge in [0.1, 0.15) is 5.75 Å². The molecule has 2 aromatic carbocycles. The van der Waals surface area contributed by atoms with Crippen LogP contribution in [0.1, 0.15) is 6.42 Å². The summed E-state index contributed by atoms with van der Waals surface area (Å²) in [6.45, 7) is -0.195. The molecule has 0 bridgehead atoms. The second-order valence-corrected chi connectivity index (χ2v) is 6.08. The Morgan fingerprint density at radius 3 is 2.58 bits per heavy atom. The van der Waals surface area contributed by atoms with Crippen molar-refractivity contribution in [2.24, 2.45) is 0 Å².